The van der Waals surface area contributed by atoms with Gasteiger partial charge in [0.05, 0.1) is 6.10 Å². The lowest BCUT2D eigenvalue weighted by Gasteiger charge is -2.73. The Hall–Kier alpha value is -0.670. The number of ketones is 1. The van der Waals surface area contributed by atoms with Crippen molar-refractivity contribution < 1.29 is 15.0 Å². The molecular weight excluding hydrogens is 408 g/mol. The standard InChI is InChI=1S/C30H48O3/c1-18(2)19-10-13-30(17-31)15-14-27(5)20(25(19)30)8-9-22-28(27,6)12-11-21-26(3,4)23(32)16-24(33)29(21,22)7/h19-22,24-25,31,33H,1,8-17H2,2-7H3/t19-,20+,21-,22-,24+,25+,27+,28+,29-,30+/m0/s1. The predicted octanol–water partition coefficient (Wildman–Crippen LogP) is 6.18. The molecule has 2 N–H and O–H groups in total. The van der Waals surface area contributed by atoms with Crippen LogP contribution >= 0.6 is 0 Å². The molecule has 0 aliphatic heterocycles. The smallest absolute Gasteiger partial charge is 0.141 e. The molecule has 0 radical (unpaired) electrons. The molecule has 0 heterocycles. The fraction of sp³-hybridized carbons (Fsp3) is 0.900. The molecule has 3 heteroatoms. The Labute approximate surface area is 201 Å². The number of Topliss-reactive ketones (excluding diaryl/α,β-unsaturated/α-hetero) is 1. The molecule has 0 aromatic carbocycles. The Bertz CT molecular complexity index is 861. The number of aliphatic hydroxyl groups is 2. The zero-order valence-corrected chi connectivity index (χ0v) is 22.0. The SMILES string of the molecule is C=C(C)[C@@H]1CC[C@]2(CO)CC[C@]3(C)[C@H](CC[C@@H]4[C@@]5(C)[C@H](O)CC(=O)C(C)(C)[C@@H]5CC[C@]43C)[C@@H]12. The van der Waals surface area contributed by atoms with Crippen LogP contribution in [0.5, 0.6) is 0 Å². The van der Waals surface area contributed by atoms with E-state index < -0.39 is 6.10 Å². The van der Waals surface area contributed by atoms with Gasteiger partial charge < -0.3 is 10.2 Å². The number of hydrogen-bond acceptors (Lipinski definition) is 3. The summed E-state index contributed by atoms with van der Waals surface area (Å²) in [5, 5.41) is 22.1. The van der Waals surface area contributed by atoms with E-state index in [-0.39, 0.29) is 38.8 Å². The van der Waals surface area contributed by atoms with E-state index in [9.17, 15) is 15.0 Å². The Morgan fingerprint density at radius 2 is 1.64 bits per heavy atom. The third-order valence-corrected chi connectivity index (χ3v) is 13.4. The van der Waals surface area contributed by atoms with E-state index in [4.69, 9.17) is 0 Å². The van der Waals surface area contributed by atoms with Crippen molar-refractivity contribution in [1.29, 1.82) is 0 Å². The average molecular weight is 457 g/mol. The first kappa shape index (κ1) is 24.0. The van der Waals surface area contributed by atoms with Crippen LogP contribution in [0.2, 0.25) is 0 Å². The molecule has 33 heavy (non-hydrogen) atoms. The quantitative estimate of drug-likeness (QED) is 0.488. The fourth-order valence-corrected chi connectivity index (χ4v) is 11.3. The lowest BCUT2D eigenvalue weighted by molar-refractivity contribution is -0.256. The van der Waals surface area contributed by atoms with Gasteiger partial charge in [0.1, 0.15) is 5.78 Å². The van der Waals surface area contributed by atoms with Crippen LogP contribution in [0.4, 0.5) is 0 Å². The zero-order valence-electron chi connectivity index (χ0n) is 22.0. The topological polar surface area (TPSA) is 57.5 Å². The van der Waals surface area contributed by atoms with Gasteiger partial charge >= 0.3 is 0 Å². The van der Waals surface area contributed by atoms with Crippen molar-refractivity contribution in [3.05, 3.63) is 12.2 Å². The summed E-state index contributed by atoms with van der Waals surface area (Å²) < 4.78 is 0. The van der Waals surface area contributed by atoms with Crippen LogP contribution in [0.3, 0.4) is 0 Å². The molecule has 10 atom stereocenters. The van der Waals surface area contributed by atoms with Crippen molar-refractivity contribution in [2.45, 2.75) is 105 Å². The normalized spacial score (nSPS) is 55.2. The van der Waals surface area contributed by atoms with E-state index in [1.807, 2.05) is 0 Å². The molecule has 0 bridgehead atoms. The molecule has 186 valence electrons. The van der Waals surface area contributed by atoms with Crippen molar-refractivity contribution in [1.82, 2.24) is 0 Å². The maximum atomic E-state index is 13.0. The molecule has 0 aromatic heterocycles. The van der Waals surface area contributed by atoms with Gasteiger partial charge in [0.15, 0.2) is 0 Å². The van der Waals surface area contributed by atoms with Gasteiger partial charge in [0, 0.05) is 23.9 Å². The van der Waals surface area contributed by atoms with Crippen molar-refractivity contribution in [3.63, 3.8) is 0 Å². The highest BCUT2D eigenvalue weighted by atomic mass is 16.3. The van der Waals surface area contributed by atoms with Crippen LogP contribution in [0.25, 0.3) is 0 Å². The minimum atomic E-state index is -0.525. The van der Waals surface area contributed by atoms with Crippen LogP contribution in [-0.4, -0.2) is 28.7 Å². The number of allylic oxidation sites excluding steroid dienone is 1. The van der Waals surface area contributed by atoms with E-state index in [1.165, 1.54) is 24.8 Å². The summed E-state index contributed by atoms with van der Waals surface area (Å²) in [6.45, 7) is 18.7. The minimum absolute atomic E-state index is 0.0802. The van der Waals surface area contributed by atoms with Crippen molar-refractivity contribution in [3.8, 4) is 0 Å². The second-order valence-electron chi connectivity index (χ2n) is 14.4. The first-order chi connectivity index (χ1) is 15.3. The maximum Gasteiger partial charge on any atom is 0.141 e. The van der Waals surface area contributed by atoms with Gasteiger partial charge in [-0.15, -0.1) is 0 Å². The predicted molar refractivity (Wildman–Crippen MR) is 132 cm³/mol. The molecule has 0 unspecified atom stereocenters. The highest BCUT2D eigenvalue weighted by Crippen LogP contribution is 2.77. The summed E-state index contributed by atoms with van der Waals surface area (Å²) in [7, 11) is 0. The van der Waals surface area contributed by atoms with E-state index in [0.717, 1.165) is 32.1 Å². The zero-order chi connectivity index (χ0) is 24.2. The lowest BCUT2D eigenvalue weighted by atomic mass is 9.32. The van der Waals surface area contributed by atoms with E-state index in [0.29, 0.717) is 36.7 Å². The van der Waals surface area contributed by atoms with Crippen molar-refractivity contribution in [2.75, 3.05) is 6.61 Å². The van der Waals surface area contributed by atoms with Gasteiger partial charge in [0.2, 0.25) is 0 Å². The molecule has 5 fully saturated rings. The monoisotopic (exact) mass is 456 g/mol. The van der Waals surface area contributed by atoms with Crippen LogP contribution in [0.15, 0.2) is 12.2 Å². The fourth-order valence-electron chi connectivity index (χ4n) is 11.3. The molecule has 5 saturated carbocycles. The molecule has 0 saturated heterocycles. The third kappa shape index (κ3) is 2.73. The summed E-state index contributed by atoms with van der Waals surface area (Å²) in [6, 6.07) is 0. The molecule has 5 aliphatic rings. The van der Waals surface area contributed by atoms with Crippen LogP contribution in [-0.2, 0) is 4.79 Å². The van der Waals surface area contributed by atoms with Gasteiger partial charge in [-0.05, 0) is 104 Å². The summed E-state index contributed by atoms with van der Waals surface area (Å²) >= 11 is 0. The van der Waals surface area contributed by atoms with Gasteiger partial charge in [-0.3, -0.25) is 4.79 Å². The highest BCUT2D eigenvalue weighted by molar-refractivity contribution is 5.86. The van der Waals surface area contributed by atoms with Gasteiger partial charge in [-0.2, -0.15) is 0 Å². The van der Waals surface area contributed by atoms with Gasteiger partial charge in [-0.25, -0.2) is 0 Å². The number of carbonyl (C=O) groups is 1. The Morgan fingerprint density at radius 1 is 0.939 bits per heavy atom. The largest absolute Gasteiger partial charge is 0.396 e. The highest BCUT2D eigenvalue weighted by Gasteiger charge is 2.72. The molecule has 0 amide bonds. The van der Waals surface area contributed by atoms with E-state index in [1.54, 1.807) is 0 Å². The third-order valence-electron chi connectivity index (χ3n) is 13.4. The van der Waals surface area contributed by atoms with Crippen LogP contribution in [0.1, 0.15) is 99.3 Å². The van der Waals surface area contributed by atoms with Crippen molar-refractivity contribution in [2.24, 2.45) is 56.7 Å². The Kier molecular flexibility index (Phi) is 5.24. The van der Waals surface area contributed by atoms with Crippen LogP contribution in [0, 0.1) is 56.7 Å². The van der Waals surface area contributed by atoms with E-state index >= 15 is 0 Å². The summed E-state index contributed by atoms with van der Waals surface area (Å²) in [5.41, 5.74) is 1.20. The first-order valence-electron chi connectivity index (χ1n) is 13.8. The minimum Gasteiger partial charge on any atom is -0.396 e. The summed E-state index contributed by atoms with van der Waals surface area (Å²) in [5.74, 6) is 2.64. The molecule has 5 rings (SSSR count). The summed E-state index contributed by atoms with van der Waals surface area (Å²) in [4.78, 5) is 13.0. The number of carbonyl (C=O) groups excluding carboxylic acids is 1. The number of hydrogen-bond donors (Lipinski definition) is 2. The van der Waals surface area contributed by atoms with Gasteiger partial charge in [-0.1, -0.05) is 46.8 Å². The van der Waals surface area contributed by atoms with E-state index in [2.05, 4.69) is 48.1 Å². The molecule has 0 spiro atoms. The molecule has 5 aliphatic carbocycles. The Balaban J connectivity index is 1.58. The molecule has 0 aromatic rings. The number of rotatable bonds is 2. The number of aliphatic hydroxyl groups excluding tert-OH is 2. The Morgan fingerprint density at radius 3 is 2.27 bits per heavy atom. The van der Waals surface area contributed by atoms with Crippen molar-refractivity contribution >= 4 is 5.78 Å². The first-order valence-corrected chi connectivity index (χ1v) is 13.8. The maximum absolute atomic E-state index is 13.0. The van der Waals surface area contributed by atoms with Crippen LogP contribution < -0.4 is 0 Å². The average Bonchev–Trinajstić information content (AvgIpc) is 3.14. The molecule has 3 nitrogen and oxygen atoms in total. The molecular formula is C30H48O3. The number of fused-ring (bicyclic) bond motifs is 7. The lowest BCUT2D eigenvalue weighted by Crippen LogP contribution is -2.69. The van der Waals surface area contributed by atoms with Gasteiger partial charge in [0.25, 0.3) is 0 Å². The summed E-state index contributed by atoms with van der Waals surface area (Å²) in [6.07, 6.45) is 8.97. The second kappa shape index (κ2) is 7.19. The second-order valence-corrected chi connectivity index (χ2v) is 14.4.